The van der Waals surface area contributed by atoms with Crippen LogP contribution in [0.4, 0.5) is 4.39 Å². The second-order valence-electron chi connectivity index (χ2n) is 8.00. The van der Waals surface area contributed by atoms with E-state index in [0.29, 0.717) is 30.0 Å². The number of Topliss-reactive ketones (excluding diaryl/α,β-unsaturated/α-hetero) is 1. The topological polar surface area (TPSA) is 79.7 Å². The maximum atomic E-state index is 13.3. The van der Waals surface area contributed by atoms with Crippen molar-refractivity contribution in [2.45, 2.75) is 25.8 Å². The maximum absolute atomic E-state index is 13.3. The van der Waals surface area contributed by atoms with Crippen molar-refractivity contribution >= 4 is 17.4 Å². The van der Waals surface area contributed by atoms with Crippen LogP contribution in [-0.2, 0) is 16.0 Å². The molecule has 2 heterocycles. The van der Waals surface area contributed by atoms with E-state index in [-0.39, 0.29) is 23.7 Å². The zero-order valence-electron chi connectivity index (χ0n) is 18.8. The number of hydrogen-bond donors (Lipinski definition) is 1. The molecule has 1 fully saturated rings. The van der Waals surface area contributed by atoms with Gasteiger partial charge in [-0.25, -0.2) is 4.39 Å². The highest BCUT2D eigenvalue weighted by Gasteiger charge is 2.46. The quantitative estimate of drug-likeness (QED) is 0.300. The summed E-state index contributed by atoms with van der Waals surface area (Å²) < 4.78 is 18.9. The SMILES string of the molecule is CCCOc1cccc(/C(O)=C2/C(=O)C(=O)N(CCc3ccc(F)cc3)C2c2ccccn2)c1. The Bertz CT molecular complexity index is 1210. The predicted octanol–water partition coefficient (Wildman–Crippen LogP) is 4.67. The number of amides is 1. The van der Waals surface area contributed by atoms with Crippen LogP contribution in [0.5, 0.6) is 5.75 Å². The van der Waals surface area contributed by atoms with Crippen LogP contribution in [0.3, 0.4) is 0 Å². The lowest BCUT2D eigenvalue weighted by atomic mass is 9.98. The number of hydrogen-bond acceptors (Lipinski definition) is 5. The van der Waals surface area contributed by atoms with Gasteiger partial charge in [-0.2, -0.15) is 0 Å². The van der Waals surface area contributed by atoms with Crippen LogP contribution < -0.4 is 4.74 Å². The fraction of sp³-hybridized carbons (Fsp3) is 0.222. The number of rotatable bonds is 8. The van der Waals surface area contributed by atoms with Gasteiger partial charge in [0.25, 0.3) is 11.7 Å². The number of benzene rings is 2. The molecule has 1 amide bonds. The van der Waals surface area contributed by atoms with Gasteiger partial charge in [0.1, 0.15) is 23.4 Å². The number of aliphatic hydroxyl groups is 1. The van der Waals surface area contributed by atoms with Gasteiger partial charge in [-0.1, -0.05) is 37.3 Å². The van der Waals surface area contributed by atoms with Crippen molar-refractivity contribution < 1.29 is 23.8 Å². The van der Waals surface area contributed by atoms with Gasteiger partial charge in [-0.3, -0.25) is 14.6 Å². The van der Waals surface area contributed by atoms with Gasteiger partial charge in [0.15, 0.2) is 0 Å². The van der Waals surface area contributed by atoms with Crippen molar-refractivity contribution in [3.63, 3.8) is 0 Å². The third kappa shape index (κ3) is 4.83. The number of carbonyl (C=O) groups excluding carboxylic acids is 2. The molecular weight excluding hydrogens is 435 g/mol. The molecule has 2 aromatic carbocycles. The Kier molecular flexibility index (Phi) is 7.01. The molecule has 1 aliphatic rings. The normalized spacial score (nSPS) is 17.2. The highest BCUT2D eigenvalue weighted by molar-refractivity contribution is 6.46. The van der Waals surface area contributed by atoms with E-state index < -0.39 is 17.7 Å². The van der Waals surface area contributed by atoms with Crippen LogP contribution in [0.2, 0.25) is 0 Å². The van der Waals surface area contributed by atoms with Crippen LogP contribution in [-0.4, -0.2) is 39.8 Å². The molecule has 1 unspecified atom stereocenters. The first-order chi connectivity index (χ1) is 16.5. The van der Waals surface area contributed by atoms with E-state index in [1.54, 1.807) is 60.8 Å². The minimum absolute atomic E-state index is 0.0181. The fourth-order valence-electron chi connectivity index (χ4n) is 3.97. The second kappa shape index (κ2) is 10.3. The van der Waals surface area contributed by atoms with E-state index in [4.69, 9.17) is 4.74 Å². The molecule has 3 aromatic rings. The smallest absolute Gasteiger partial charge is 0.295 e. The van der Waals surface area contributed by atoms with Crippen LogP contribution in [0, 0.1) is 5.82 Å². The average Bonchev–Trinajstić information content (AvgIpc) is 3.12. The minimum atomic E-state index is -0.845. The van der Waals surface area contributed by atoms with Gasteiger partial charge in [-0.05, 0) is 54.8 Å². The number of carbonyl (C=O) groups is 2. The molecule has 1 atom stereocenters. The summed E-state index contributed by atoms with van der Waals surface area (Å²) in [6, 6.07) is 17.2. The molecule has 0 saturated carbocycles. The fourth-order valence-corrected chi connectivity index (χ4v) is 3.97. The van der Waals surface area contributed by atoms with Crippen molar-refractivity contribution in [1.29, 1.82) is 0 Å². The number of halogens is 1. The van der Waals surface area contributed by atoms with E-state index in [1.165, 1.54) is 17.0 Å². The van der Waals surface area contributed by atoms with E-state index in [1.807, 2.05) is 6.92 Å². The van der Waals surface area contributed by atoms with Crippen LogP contribution in [0.15, 0.2) is 78.5 Å². The molecule has 0 aliphatic carbocycles. The number of ketones is 1. The molecule has 1 N–H and O–H groups in total. The van der Waals surface area contributed by atoms with Crippen molar-refractivity contribution in [1.82, 2.24) is 9.88 Å². The van der Waals surface area contributed by atoms with Gasteiger partial charge in [0.2, 0.25) is 0 Å². The van der Waals surface area contributed by atoms with Gasteiger partial charge < -0.3 is 14.7 Å². The number of aliphatic hydroxyl groups excluding tert-OH is 1. The Morgan fingerprint density at radius 1 is 1.09 bits per heavy atom. The van der Waals surface area contributed by atoms with Crippen LogP contribution in [0.1, 0.15) is 36.2 Å². The summed E-state index contributed by atoms with van der Waals surface area (Å²) in [5, 5.41) is 11.2. The molecular formula is C27H25FN2O4. The number of likely N-dealkylation sites (tertiary alicyclic amines) is 1. The Balaban J connectivity index is 1.72. The van der Waals surface area contributed by atoms with Crippen molar-refractivity contribution in [3.05, 3.63) is 101 Å². The number of aromatic nitrogens is 1. The maximum Gasteiger partial charge on any atom is 0.295 e. The highest BCUT2D eigenvalue weighted by atomic mass is 19.1. The van der Waals surface area contributed by atoms with Crippen LogP contribution >= 0.6 is 0 Å². The predicted molar refractivity (Wildman–Crippen MR) is 126 cm³/mol. The van der Waals surface area contributed by atoms with Crippen molar-refractivity contribution in [2.24, 2.45) is 0 Å². The monoisotopic (exact) mass is 460 g/mol. The average molecular weight is 461 g/mol. The Morgan fingerprint density at radius 2 is 1.88 bits per heavy atom. The molecule has 0 radical (unpaired) electrons. The number of ether oxygens (including phenoxy) is 1. The van der Waals surface area contributed by atoms with E-state index in [2.05, 4.69) is 4.98 Å². The van der Waals surface area contributed by atoms with Crippen molar-refractivity contribution in [2.75, 3.05) is 13.2 Å². The van der Waals surface area contributed by atoms with Gasteiger partial charge in [-0.15, -0.1) is 0 Å². The Morgan fingerprint density at radius 3 is 2.59 bits per heavy atom. The number of pyridine rings is 1. The second-order valence-corrected chi connectivity index (χ2v) is 8.00. The molecule has 7 heteroatoms. The van der Waals surface area contributed by atoms with Gasteiger partial charge >= 0.3 is 0 Å². The molecule has 6 nitrogen and oxygen atoms in total. The largest absolute Gasteiger partial charge is 0.507 e. The molecule has 0 bridgehead atoms. The minimum Gasteiger partial charge on any atom is -0.507 e. The zero-order chi connectivity index (χ0) is 24.1. The van der Waals surface area contributed by atoms with Crippen molar-refractivity contribution in [3.8, 4) is 5.75 Å². The lowest BCUT2D eigenvalue weighted by Crippen LogP contribution is -2.32. The summed E-state index contributed by atoms with van der Waals surface area (Å²) in [6.07, 6.45) is 2.82. The van der Waals surface area contributed by atoms with Gasteiger partial charge in [0.05, 0.1) is 17.9 Å². The first-order valence-electron chi connectivity index (χ1n) is 11.2. The molecule has 174 valence electrons. The summed E-state index contributed by atoms with van der Waals surface area (Å²) in [5.74, 6) is -1.54. The highest BCUT2D eigenvalue weighted by Crippen LogP contribution is 2.39. The third-order valence-corrected chi connectivity index (χ3v) is 5.64. The van der Waals surface area contributed by atoms with Crippen LogP contribution in [0.25, 0.3) is 5.76 Å². The molecule has 1 aliphatic heterocycles. The Hall–Kier alpha value is -4.00. The van der Waals surface area contributed by atoms with E-state index >= 15 is 0 Å². The summed E-state index contributed by atoms with van der Waals surface area (Å²) in [7, 11) is 0. The van der Waals surface area contributed by atoms with E-state index in [9.17, 15) is 19.1 Å². The molecule has 1 saturated heterocycles. The number of nitrogens with zero attached hydrogens (tertiary/aromatic N) is 2. The summed E-state index contributed by atoms with van der Waals surface area (Å²) in [6.45, 7) is 2.71. The summed E-state index contributed by atoms with van der Waals surface area (Å²) >= 11 is 0. The molecule has 0 spiro atoms. The summed E-state index contributed by atoms with van der Waals surface area (Å²) in [5.41, 5.74) is 1.66. The molecule has 1 aromatic heterocycles. The van der Waals surface area contributed by atoms with Gasteiger partial charge in [0, 0.05) is 18.3 Å². The molecule has 4 rings (SSSR count). The summed E-state index contributed by atoms with van der Waals surface area (Å²) in [4.78, 5) is 31.9. The molecule has 34 heavy (non-hydrogen) atoms. The lowest BCUT2D eigenvalue weighted by molar-refractivity contribution is -0.139. The first-order valence-corrected chi connectivity index (χ1v) is 11.2. The standard InChI is InChI=1S/C27H25FN2O4/c1-2-16-34-21-7-5-6-19(17-21)25(31)23-24(22-8-3-4-14-29-22)30(27(33)26(23)32)15-13-18-9-11-20(28)12-10-18/h3-12,14,17,24,31H,2,13,15-16H2,1H3/b25-23-. The lowest BCUT2D eigenvalue weighted by Gasteiger charge is -2.24. The first kappa shape index (κ1) is 23.2. The van der Waals surface area contributed by atoms with E-state index in [0.717, 1.165) is 12.0 Å². The zero-order valence-corrected chi connectivity index (χ0v) is 18.8. The third-order valence-electron chi connectivity index (χ3n) is 5.64. The Labute approximate surface area is 197 Å².